The van der Waals surface area contributed by atoms with E-state index in [1.54, 1.807) is 0 Å². The summed E-state index contributed by atoms with van der Waals surface area (Å²) in [6.07, 6.45) is 45.3. The molecule has 3 heteroatoms. The number of unbranched alkanes of at least 4 members (excludes halogenated alkanes) is 32. The Morgan fingerprint density at radius 2 is 0.535 bits per heavy atom. The molecule has 43 heavy (non-hydrogen) atoms. The molecule has 0 saturated carbocycles. The van der Waals surface area contributed by atoms with E-state index in [1.165, 1.54) is 180 Å². The molecule has 1 atom stereocenters. The van der Waals surface area contributed by atoms with E-state index in [4.69, 9.17) is 0 Å². The van der Waals surface area contributed by atoms with E-state index >= 15 is 0 Å². The summed E-state index contributed by atoms with van der Waals surface area (Å²) in [5.41, 5.74) is -1.62. The van der Waals surface area contributed by atoms with Gasteiger partial charge in [0.05, 0.1) is 5.97 Å². The highest BCUT2D eigenvalue weighted by atomic mass is 16.4. The number of rotatable bonds is 37. The third-order valence-corrected chi connectivity index (χ3v) is 9.77. The van der Waals surface area contributed by atoms with E-state index in [2.05, 4.69) is 13.8 Å². The van der Waals surface area contributed by atoms with Crippen LogP contribution in [0.4, 0.5) is 0 Å². The van der Waals surface area contributed by atoms with Crippen molar-refractivity contribution in [1.82, 2.24) is 0 Å². The molecule has 0 saturated heterocycles. The molecule has 3 nitrogen and oxygen atoms in total. The lowest BCUT2D eigenvalue weighted by molar-refractivity contribution is -0.325. The zero-order valence-electron chi connectivity index (χ0n) is 29.7. The van der Waals surface area contributed by atoms with Crippen LogP contribution in [0, 0.1) is 0 Å². The molecule has 0 bridgehead atoms. The standard InChI is InChI=1S/C40H80O3/c1-3-5-7-9-11-13-15-17-19-20-21-22-23-24-26-28-30-32-34-36-38-40(43,39(41)42)37-35-33-31-29-27-25-18-16-14-12-10-8-6-4-2/h43H,3-38H2,1-2H3,(H,41,42)/p-1. The van der Waals surface area contributed by atoms with E-state index in [0.717, 1.165) is 38.5 Å². The summed E-state index contributed by atoms with van der Waals surface area (Å²) < 4.78 is 0. The molecule has 0 rings (SSSR count). The van der Waals surface area contributed by atoms with E-state index in [0.29, 0.717) is 12.8 Å². The second-order valence-electron chi connectivity index (χ2n) is 14.1. The van der Waals surface area contributed by atoms with Crippen molar-refractivity contribution >= 4 is 5.97 Å². The first kappa shape index (κ1) is 42.4. The maximum atomic E-state index is 11.7. The Labute approximate surface area is 271 Å². The van der Waals surface area contributed by atoms with Gasteiger partial charge in [0.25, 0.3) is 0 Å². The molecule has 0 radical (unpaired) electrons. The molecule has 0 aliphatic rings. The van der Waals surface area contributed by atoms with Gasteiger partial charge >= 0.3 is 0 Å². The Hall–Kier alpha value is -0.570. The third-order valence-electron chi connectivity index (χ3n) is 9.77. The summed E-state index contributed by atoms with van der Waals surface area (Å²) in [5.74, 6) is -1.26. The quantitative estimate of drug-likeness (QED) is 0.0714. The molecule has 0 spiro atoms. The Kier molecular flexibility index (Phi) is 33.9. The van der Waals surface area contributed by atoms with Gasteiger partial charge in [0.1, 0.15) is 5.60 Å². The van der Waals surface area contributed by atoms with Gasteiger partial charge in [-0.1, -0.05) is 232 Å². The van der Waals surface area contributed by atoms with E-state index < -0.39 is 11.6 Å². The van der Waals surface area contributed by atoms with Crippen LogP contribution in [0.15, 0.2) is 0 Å². The molecule has 0 aromatic heterocycles. The number of carboxylic acids is 1. The number of carbonyl (C=O) groups is 1. The van der Waals surface area contributed by atoms with Crippen molar-refractivity contribution < 1.29 is 15.0 Å². The Morgan fingerprint density at radius 1 is 0.372 bits per heavy atom. The van der Waals surface area contributed by atoms with Crippen molar-refractivity contribution in [2.75, 3.05) is 0 Å². The summed E-state index contributed by atoms with van der Waals surface area (Å²) in [5, 5.41) is 22.3. The van der Waals surface area contributed by atoms with Crippen LogP contribution in [0.1, 0.15) is 245 Å². The van der Waals surface area contributed by atoms with Crippen LogP contribution in [-0.4, -0.2) is 16.7 Å². The molecule has 0 heterocycles. The fourth-order valence-corrected chi connectivity index (χ4v) is 6.61. The van der Waals surface area contributed by atoms with Gasteiger partial charge in [0.15, 0.2) is 0 Å². The van der Waals surface area contributed by atoms with Gasteiger partial charge in [-0.3, -0.25) is 0 Å². The normalized spacial score (nSPS) is 13.0. The first-order valence-electron chi connectivity index (χ1n) is 20.0. The Balaban J connectivity index is 3.48. The summed E-state index contributed by atoms with van der Waals surface area (Å²) in [6.45, 7) is 4.56. The van der Waals surface area contributed by atoms with Crippen LogP contribution in [0.2, 0.25) is 0 Å². The zero-order valence-corrected chi connectivity index (χ0v) is 29.7. The second kappa shape index (κ2) is 34.3. The SMILES string of the molecule is CCCCCCCCCCCCCCCCCCCCCCC(O)(CCCCCCCCCCCCCCCC)C(=O)[O-]. The summed E-state index contributed by atoms with van der Waals surface area (Å²) >= 11 is 0. The van der Waals surface area contributed by atoms with Crippen molar-refractivity contribution in [3.63, 3.8) is 0 Å². The van der Waals surface area contributed by atoms with Gasteiger partial charge < -0.3 is 15.0 Å². The summed E-state index contributed by atoms with van der Waals surface area (Å²) in [7, 11) is 0. The molecule has 0 aromatic rings. The van der Waals surface area contributed by atoms with Crippen LogP contribution in [0.25, 0.3) is 0 Å². The Bertz CT molecular complexity index is 548. The van der Waals surface area contributed by atoms with E-state index in [9.17, 15) is 15.0 Å². The highest BCUT2D eigenvalue weighted by Gasteiger charge is 2.27. The third kappa shape index (κ3) is 31.2. The first-order chi connectivity index (χ1) is 21.1. The Morgan fingerprint density at radius 3 is 0.698 bits per heavy atom. The minimum atomic E-state index is -1.62. The summed E-state index contributed by atoms with van der Waals surface area (Å²) in [4.78, 5) is 11.7. The highest BCUT2D eigenvalue weighted by Crippen LogP contribution is 2.24. The maximum Gasteiger partial charge on any atom is 0.104 e. The molecule has 1 N–H and O–H groups in total. The topological polar surface area (TPSA) is 60.4 Å². The number of hydrogen-bond donors (Lipinski definition) is 1. The lowest BCUT2D eigenvalue weighted by Crippen LogP contribution is -2.48. The van der Waals surface area contributed by atoms with Gasteiger partial charge in [-0.05, 0) is 12.8 Å². The second-order valence-corrected chi connectivity index (χ2v) is 14.1. The lowest BCUT2D eigenvalue weighted by atomic mass is 9.89. The van der Waals surface area contributed by atoms with E-state index in [1.807, 2.05) is 0 Å². The molecule has 0 aliphatic carbocycles. The molecule has 0 aliphatic heterocycles. The van der Waals surface area contributed by atoms with Gasteiger partial charge in [0.2, 0.25) is 0 Å². The van der Waals surface area contributed by atoms with Crippen molar-refractivity contribution in [2.45, 2.75) is 251 Å². The maximum absolute atomic E-state index is 11.7. The summed E-state index contributed by atoms with van der Waals surface area (Å²) in [6, 6.07) is 0. The smallest absolute Gasteiger partial charge is 0.104 e. The molecular weight excluding hydrogens is 528 g/mol. The van der Waals surface area contributed by atoms with Crippen LogP contribution < -0.4 is 5.11 Å². The van der Waals surface area contributed by atoms with Gasteiger partial charge in [0, 0.05) is 0 Å². The molecular formula is C40H79O3-. The number of aliphatic carboxylic acids is 1. The molecule has 0 amide bonds. The van der Waals surface area contributed by atoms with Crippen molar-refractivity contribution in [1.29, 1.82) is 0 Å². The fraction of sp³-hybridized carbons (Fsp3) is 0.975. The van der Waals surface area contributed by atoms with Crippen LogP contribution in [-0.2, 0) is 4.79 Å². The zero-order chi connectivity index (χ0) is 31.5. The number of carbonyl (C=O) groups excluding carboxylic acids is 1. The molecule has 0 aromatic carbocycles. The largest absolute Gasteiger partial charge is 0.547 e. The van der Waals surface area contributed by atoms with Gasteiger partial charge in [-0.15, -0.1) is 0 Å². The lowest BCUT2D eigenvalue weighted by Gasteiger charge is -2.29. The number of aliphatic hydroxyl groups is 1. The average Bonchev–Trinajstić information content (AvgIpc) is 3.00. The van der Waals surface area contributed by atoms with Crippen LogP contribution in [0.5, 0.6) is 0 Å². The first-order valence-corrected chi connectivity index (χ1v) is 20.0. The van der Waals surface area contributed by atoms with Crippen molar-refractivity contribution in [3.8, 4) is 0 Å². The molecule has 258 valence electrons. The van der Waals surface area contributed by atoms with Gasteiger partial charge in [-0.2, -0.15) is 0 Å². The van der Waals surface area contributed by atoms with Crippen LogP contribution in [0.3, 0.4) is 0 Å². The number of carboxylic acid groups (broad SMARTS) is 1. The molecule has 0 fully saturated rings. The minimum absolute atomic E-state index is 0.354. The van der Waals surface area contributed by atoms with E-state index in [-0.39, 0.29) is 0 Å². The predicted octanol–water partition coefficient (Wildman–Crippen LogP) is 12.6. The predicted molar refractivity (Wildman–Crippen MR) is 188 cm³/mol. The monoisotopic (exact) mass is 608 g/mol. The van der Waals surface area contributed by atoms with Crippen LogP contribution >= 0.6 is 0 Å². The number of hydrogen-bond acceptors (Lipinski definition) is 3. The molecule has 1 unspecified atom stereocenters. The fourth-order valence-electron chi connectivity index (χ4n) is 6.61. The average molecular weight is 608 g/mol. The highest BCUT2D eigenvalue weighted by molar-refractivity contribution is 5.74. The van der Waals surface area contributed by atoms with Crippen molar-refractivity contribution in [2.24, 2.45) is 0 Å². The minimum Gasteiger partial charge on any atom is -0.547 e. The van der Waals surface area contributed by atoms with Crippen molar-refractivity contribution in [3.05, 3.63) is 0 Å². The van der Waals surface area contributed by atoms with Gasteiger partial charge in [-0.25, -0.2) is 0 Å².